The predicted octanol–water partition coefficient (Wildman–Crippen LogP) is 3.82. The van der Waals surface area contributed by atoms with Crippen LogP contribution in [-0.4, -0.2) is 57.4 Å². The van der Waals surface area contributed by atoms with Crippen molar-refractivity contribution in [2.75, 3.05) is 48.2 Å². The first-order valence-corrected chi connectivity index (χ1v) is 12.0. The predicted molar refractivity (Wildman–Crippen MR) is 135 cm³/mol. The van der Waals surface area contributed by atoms with Crippen molar-refractivity contribution in [2.45, 2.75) is 11.8 Å². The van der Waals surface area contributed by atoms with E-state index in [1.165, 1.54) is 25.1 Å². The fourth-order valence-electron chi connectivity index (χ4n) is 3.64. The van der Waals surface area contributed by atoms with E-state index in [-0.39, 0.29) is 34.1 Å². The third-order valence-corrected chi connectivity index (χ3v) is 6.99. The molecule has 1 aliphatic heterocycles. The summed E-state index contributed by atoms with van der Waals surface area (Å²) < 4.78 is 28.7. The average molecular weight is 510 g/mol. The van der Waals surface area contributed by atoms with Gasteiger partial charge in [0, 0.05) is 38.5 Å². The molecule has 33 heavy (non-hydrogen) atoms. The van der Waals surface area contributed by atoms with Crippen LogP contribution in [0.25, 0.3) is 10.8 Å². The van der Waals surface area contributed by atoms with Crippen LogP contribution >= 0.6 is 24.0 Å². The molecule has 2 aromatic carbocycles. The number of carbonyl (C=O) groups is 1. The molecule has 176 valence electrons. The lowest BCUT2D eigenvalue weighted by atomic mass is 10.1. The van der Waals surface area contributed by atoms with Crippen LogP contribution in [0.2, 0.25) is 5.02 Å². The van der Waals surface area contributed by atoms with Crippen molar-refractivity contribution < 1.29 is 13.2 Å². The van der Waals surface area contributed by atoms with Gasteiger partial charge in [0.05, 0.1) is 15.6 Å². The number of likely N-dealkylation sites (N-methyl/N-ethyl adjacent to an activating group) is 1. The molecule has 8 nitrogen and oxygen atoms in total. The largest absolute Gasteiger partial charge is 0.353 e. The van der Waals surface area contributed by atoms with Gasteiger partial charge in [-0.05, 0) is 36.7 Å². The van der Waals surface area contributed by atoms with E-state index >= 15 is 0 Å². The van der Waals surface area contributed by atoms with Crippen molar-refractivity contribution >= 4 is 68.0 Å². The van der Waals surface area contributed by atoms with E-state index in [0.29, 0.717) is 5.69 Å². The molecule has 4 rings (SSSR count). The summed E-state index contributed by atoms with van der Waals surface area (Å²) in [6.07, 6.45) is 0. The lowest BCUT2D eigenvalue weighted by molar-refractivity contribution is -0.114. The summed E-state index contributed by atoms with van der Waals surface area (Å²) >= 11 is 6.17. The summed E-state index contributed by atoms with van der Waals surface area (Å²) in [5.41, 5.74) is 0.347. The zero-order chi connectivity index (χ0) is 22.9. The Balaban J connectivity index is 0.00000306. The van der Waals surface area contributed by atoms with Crippen molar-refractivity contribution in [3.05, 3.63) is 53.6 Å². The number of nitrogens with one attached hydrogen (secondary N) is 2. The Morgan fingerprint density at radius 3 is 2.42 bits per heavy atom. The molecular formula is C22H25Cl2N5O3S. The zero-order valence-electron chi connectivity index (χ0n) is 18.2. The van der Waals surface area contributed by atoms with E-state index in [9.17, 15) is 13.2 Å². The minimum atomic E-state index is -3.94. The lowest BCUT2D eigenvalue weighted by Crippen LogP contribution is -2.45. The number of piperazine rings is 1. The number of anilines is 3. The molecule has 0 atom stereocenters. The first kappa shape index (κ1) is 25.0. The van der Waals surface area contributed by atoms with E-state index < -0.39 is 10.0 Å². The maximum atomic E-state index is 13.0. The number of benzene rings is 2. The van der Waals surface area contributed by atoms with Crippen LogP contribution in [0.4, 0.5) is 17.3 Å². The van der Waals surface area contributed by atoms with Gasteiger partial charge < -0.3 is 15.1 Å². The van der Waals surface area contributed by atoms with E-state index in [1.54, 1.807) is 6.07 Å². The Morgan fingerprint density at radius 2 is 1.76 bits per heavy atom. The zero-order valence-corrected chi connectivity index (χ0v) is 20.6. The molecule has 2 heterocycles. The second-order valence-corrected chi connectivity index (χ2v) is 9.86. The molecule has 2 N–H and O–H groups in total. The monoisotopic (exact) mass is 509 g/mol. The van der Waals surface area contributed by atoms with E-state index in [0.717, 1.165) is 42.8 Å². The molecular weight excluding hydrogens is 485 g/mol. The van der Waals surface area contributed by atoms with Gasteiger partial charge in [0.2, 0.25) is 5.91 Å². The van der Waals surface area contributed by atoms with Crippen LogP contribution in [0, 0.1) is 0 Å². The maximum absolute atomic E-state index is 13.0. The molecule has 3 aromatic rings. The summed E-state index contributed by atoms with van der Waals surface area (Å²) in [6.45, 7) is 4.79. The molecule has 0 spiro atoms. The van der Waals surface area contributed by atoms with Gasteiger partial charge in [0.25, 0.3) is 10.0 Å². The fourth-order valence-corrected chi connectivity index (χ4v) is 4.95. The quantitative estimate of drug-likeness (QED) is 0.542. The minimum Gasteiger partial charge on any atom is -0.353 e. The molecule has 0 bridgehead atoms. The molecule has 0 radical (unpaired) electrons. The molecule has 1 fully saturated rings. The van der Waals surface area contributed by atoms with Gasteiger partial charge >= 0.3 is 0 Å². The molecule has 0 unspecified atom stereocenters. The van der Waals surface area contributed by atoms with Gasteiger partial charge in [-0.25, -0.2) is 13.4 Å². The Bertz CT molecular complexity index is 1280. The fraction of sp³-hybridized carbons (Fsp3) is 0.273. The Hall–Kier alpha value is -2.59. The van der Waals surface area contributed by atoms with Crippen molar-refractivity contribution in [1.29, 1.82) is 0 Å². The minimum absolute atomic E-state index is 0. The molecule has 1 amide bonds. The molecule has 0 saturated carbocycles. The number of rotatable bonds is 5. The first-order chi connectivity index (χ1) is 15.2. The van der Waals surface area contributed by atoms with Crippen molar-refractivity contribution in [1.82, 2.24) is 9.88 Å². The topological polar surface area (TPSA) is 94.6 Å². The molecule has 1 aliphatic rings. The molecule has 11 heteroatoms. The third kappa shape index (κ3) is 5.67. The van der Waals surface area contributed by atoms with E-state index in [4.69, 9.17) is 11.6 Å². The Kier molecular flexibility index (Phi) is 7.69. The van der Waals surface area contributed by atoms with Crippen LogP contribution in [0.1, 0.15) is 6.92 Å². The van der Waals surface area contributed by atoms with Gasteiger partial charge in [0.15, 0.2) is 0 Å². The highest BCUT2D eigenvalue weighted by molar-refractivity contribution is 7.92. The highest BCUT2D eigenvalue weighted by atomic mass is 35.5. The van der Waals surface area contributed by atoms with Gasteiger partial charge in [-0.15, -0.1) is 12.4 Å². The summed E-state index contributed by atoms with van der Waals surface area (Å²) in [6, 6.07) is 13.7. The number of aromatic nitrogens is 1. The number of fused-ring (bicyclic) bond motifs is 1. The standard InChI is InChI=1S/C22H24ClN5O3S.ClH/c1-15(29)24-20-8-7-17(14-19(20)23)32(30,31)26-21-13-16-5-3-4-6-18(16)22(25-21)28-11-9-27(2)10-12-28;/h3-8,13-14H,9-12H2,1-2H3,(H,24,29)(H,25,26);1H. The number of nitrogens with zero attached hydrogens (tertiary/aromatic N) is 3. The van der Waals surface area contributed by atoms with Gasteiger partial charge in [-0.1, -0.05) is 35.9 Å². The lowest BCUT2D eigenvalue weighted by Gasteiger charge is -2.34. The van der Waals surface area contributed by atoms with E-state index in [2.05, 4.69) is 31.9 Å². The van der Waals surface area contributed by atoms with Crippen LogP contribution in [0.5, 0.6) is 0 Å². The number of hydrogen-bond acceptors (Lipinski definition) is 6. The second-order valence-electron chi connectivity index (χ2n) is 7.77. The van der Waals surface area contributed by atoms with Crippen molar-refractivity contribution in [3.63, 3.8) is 0 Å². The number of pyridine rings is 1. The number of amides is 1. The van der Waals surface area contributed by atoms with Crippen LogP contribution in [0.15, 0.2) is 53.4 Å². The number of halogens is 2. The summed E-state index contributed by atoms with van der Waals surface area (Å²) in [7, 11) is -1.86. The van der Waals surface area contributed by atoms with Crippen LogP contribution < -0.4 is 14.9 Å². The Labute approximate surface area is 204 Å². The number of hydrogen-bond donors (Lipinski definition) is 2. The maximum Gasteiger partial charge on any atom is 0.263 e. The number of sulfonamides is 1. The van der Waals surface area contributed by atoms with Crippen LogP contribution in [0.3, 0.4) is 0 Å². The van der Waals surface area contributed by atoms with Gasteiger partial charge in [-0.3, -0.25) is 9.52 Å². The molecule has 0 aliphatic carbocycles. The summed E-state index contributed by atoms with van der Waals surface area (Å²) in [5.74, 6) is 0.699. The van der Waals surface area contributed by atoms with Gasteiger partial charge in [-0.2, -0.15) is 0 Å². The van der Waals surface area contributed by atoms with Crippen molar-refractivity contribution in [2.24, 2.45) is 0 Å². The summed E-state index contributed by atoms with van der Waals surface area (Å²) in [5, 5.41) is 4.56. The molecule has 1 aromatic heterocycles. The number of carbonyl (C=O) groups excluding carboxylic acids is 1. The first-order valence-electron chi connectivity index (χ1n) is 10.2. The van der Waals surface area contributed by atoms with Crippen molar-refractivity contribution in [3.8, 4) is 0 Å². The van der Waals surface area contributed by atoms with Gasteiger partial charge in [0.1, 0.15) is 11.6 Å². The summed E-state index contributed by atoms with van der Waals surface area (Å²) in [4.78, 5) is 20.3. The molecule has 1 saturated heterocycles. The third-order valence-electron chi connectivity index (χ3n) is 5.32. The van der Waals surface area contributed by atoms with E-state index in [1.807, 2.05) is 24.3 Å². The average Bonchev–Trinajstić information content (AvgIpc) is 2.74. The highest BCUT2D eigenvalue weighted by Crippen LogP contribution is 2.30. The highest BCUT2D eigenvalue weighted by Gasteiger charge is 2.21. The van der Waals surface area contributed by atoms with Crippen LogP contribution in [-0.2, 0) is 14.8 Å². The second kappa shape index (κ2) is 10.1. The smallest absolute Gasteiger partial charge is 0.263 e. The SMILES string of the molecule is CC(=O)Nc1ccc(S(=O)(=O)Nc2cc3ccccc3c(N3CCN(C)CC3)n2)cc1Cl.Cl. The normalized spacial score (nSPS) is 14.6. The Morgan fingerprint density at radius 1 is 1.06 bits per heavy atom.